The van der Waals surface area contributed by atoms with Gasteiger partial charge in [0.1, 0.15) is 0 Å². The fourth-order valence-electron chi connectivity index (χ4n) is 2.25. The number of nitrogens with two attached hydrogens (primary N) is 1. The second-order valence-corrected chi connectivity index (χ2v) is 5.65. The summed E-state index contributed by atoms with van der Waals surface area (Å²) in [4.78, 5) is 2.40. The molecule has 0 aromatic carbocycles. The molecule has 15 heavy (non-hydrogen) atoms. The Morgan fingerprint density at radius 2 is 2.20 bits per heavy atom. The molecule has 1 rings (SSSR count). The van der Waals surface area contributed by atoms with Gasteiger partial charge < -0.3 is 15.4 Å². The first-order chi connectivity index (χ1) is 7.03. The van der Waals surface area contributed by atoms with Crippen LogP contribution in [0.1, 0.15) is 26.7 Å². The third kappa shape index (κ3) is 4.96. The summed E-state index contributed by atoms with van der Waals surface area (Å²) in [6.45, 7) is 9.30. The highest BCUT2D eigenvalue weighted by atomic mass is 16.5. The monoisotopic (exact) mass is 214 g/mol. The molecule has 1 heterocycles. The molecule has 0 amide bonds. The van der Waals surface area contributed by atoms with Crippen molar-refractivity contribution < 1.29 is 4.74 Å². The molecule has 1 atom stereocenters. The van der Waals surface area contributed by atoms with Gasteiger partial charge in [-0.1, -0.05) is 13.8 Å². The van der Waals surface area contributed by atoms with Crippen LogP contribution in [0.25, 0.3) is 0 Å². The average Bonchev–Trinajstić information content (AvgIpc) is 2.18. The Labute approximate surface area is 94.0 Å². The number of hydrogen-bond acceptors (Lipinski definition) is 3. The molecule has 3 heteroatoms. The van der Waals surface area contributed by atoms with Gasteiger partial charge in [0.05, 0.1) is 6.61 Å². The van der Waals surface area contributed by atoms with Crippen LogP contribution in [0.4, 0.5) is 0 Å². The van der Waals surface area contributed by atoms with Crippen LogP contribution in [0.2, 0.25) is 0 Å². The second kappa shape index (κ2) is 5.83. The zero-order valence-electron chi connectivity index (χ0n) is 10.5. The molecule has 90 valence electrons. The van der Waals surface area contributed by atoms with Crippen molar-refractivity contribution >= 4 is 0 Å². The highest BCUT2D eigenvalue weighted by Crippen LogP contribution is 2.18. The van der Waals surface area contributed by atoms with E-state index >= 15 is 0 Å². The lowest BCUT2D eigenvalue weighted by molar-refractivity contribution is 0.0377. The first-order valence-electron chi connectivity index (χ1n) is 6.00. The molecule has 0 aromatic rings. The summed E-state index contributed by atoms with van der Waals surface area (Å²) in [6, 6.07) is 0. The van der Waals surface area contributed by atoms with Gasteiger partial charge in [0.15, 0.2) is 0 Å². The van der Waals surface area contributed by atoms with Crippen molar-refractivity contribution in [3.8, 4) is 0 Å². The van der Waals surface area contributed by atoms with Crippen LogP contribution >= 0.6 is 0 Å². The maximum absolute atomic E-state index is 5.74. The Hall–Kier alpha value is -0.120. The Morgan fingerprint density at radius 3 is 2.73 bits per heavy atom. The van der Waals surface area contributed by atoms with Crippen LogP contribution < -0.4 is 5.73 Å². The van der Waals surface area contributed by atoms with Crippen LogP contribution in [-0.2, 0) is 4.74 Å². The molecule has 0 saturated carbocycles. The highest BCUT2D eigenvalue weighted by molar-refractivity contribution is 4.75. The largest absolute Gasteiger partial charge is 0.381 e. The molecule has 0 aliphatic carbocycles. The summed E-state index contributed by atoms with van der Waals surface area (Å²) in [6.07, 6.45) is 2.53. The highest BCUT2D eigenvalue weighted by Gasteiger charge is 2.21. The van der Waals surface area contributed by atoms with Gasteiger partial charge in [-0.3, -0.25) is 0 Å². The van der Waals surface area contributed by atoms with Crippen molar-refractivity contribution in [3.63, 3.8) is 0 Å². The summed E-state index contributed by atoms with van der Waals surface area (Å²) in [5, 5.41) is 0. The summed E-state index contributed by atoms with van der Waals surface area (Å²) in [5.74, 6) is 0.720. The maximum Gasteiger partial charge on any atom is 0.0506 e. The van der Waals surface area contributed by atoms with E-state index in [-0.39, 0.29) is 5.41 Å². The average molecular weight is 214 g/mol. The van der Waals surface area contributed by atoms with E-state index in [4.69, 9.17) is 10.5 Å². The van der Waals surface area contributed by atoms with E-state index in [1.54, 1.807) is 0 Å². The van der Waals surface area contributed by atoms with Crippen molar-refractivity contribution in [2.75, 3.05) is 39.9 Å². The normalized spacial score (nSPS) is 23.4. The molecular formula is C12H26N2O. The lowest BCUT2D eigenvalue weighted by atomic mass is 9.92. The minimum atomic E-state index is 0.226. The minimum absolute atomic E-state index is 0.226. The van der Waals surface area contributed by atoms with E-state index in [2.05, 4.69) is 25.8 Å². The van der Waals surface area contributed by atoms with Gasteiger partial charge in [-0.05, 0) is 37.8 Å². The van der Waals surface area contributed by atoms with Crippen LogP contribution in [0.3, 0.4) is 0 Å². The number of ether oxygens (including phenoxy) is 1. The van der Waals surface area contributed by atoms with E-state index in [1.165, 1.54) is 12.8 Å². The molecule has 3 nitrogen and oxygen atoms in total. The number of rotatable bonds is 5. The van der Waals surface area contributed by atoms with Gasteiger partial charge >= 0.3 is 0 Å². The molecule has 2 N–H and O–H groups in total. The molecule has 0 aromatic heterocycles. The van der Waals surface area contributed by atoms with Gasteiger partial charge in [0, 0.05) is 19.7 Å². The smallest absolute Gasteiger partial charge is 0.0506 e. The van der Waals surface area contributed by atoms with Crippen molar-refractivity contribution in [2.24, 2.45) is 17.1 Å². The molecule has 1 aliphatic heterocycles. The van der Waals surface area contributed by atoms with Crippen LogP contribution in [0.15, 0.2) is 0 Å². The quantitative estimate of drug-likeness (QED) is 0.750. The molecule has 0 bridgehead atoms. The van der Waals surface area contributed by atoms with Gasteiger partial charge in [-0.25, -0.2) is 0 Å². The van der Waals surface area contributed by atoms with Crippen LogP contribution in [0.5, 0.6) is 0 Å². The summed E-state index contributed by atoms with van der Waals surface area (Å²) in [7, 11) is 2.19. The predicted octanol–water partition coefficient (Wildman–Crippen LogP) is 1.33. The summed E-state index contributed by atoms with van der Waals surface area (Å²) < 4.78 is 5.49. The van der Waals surface area contributed by atoms with E-state index < -0.39 is 0 Å². The first-order valence-corrected chi connectivity index (χ1v) is 6.00. The molecule has 1 saturated heterocycles. The van der Waals surface area contributed by atoms with Gasteiger partial charge in [-0.15, -0.1) is 0 Å². The Kier molecular flexibility index (Phi) is 5.03. The van der Waals surface area contributed by atoms with E-state index in [1.807, 2.05) is 0 Å². The van der Waals surface area contributed by atoms with Crippen molar-refractivity contribution in [1.29, 1.82) is 0 Å². The Balaban J connectivity index is 2.25. The minimum Gasteiger partial charge on any atom is -0.381 e. The summed E-state index contributed by atoms with van der Waals surface area (Å²) in [5.41, 5.74) is 5.96. The lowest BCUT2D eigenvalue weighted by Gasteiger charge is -2.32. The van der Waals surface area contributed by atoms with E-state index in [0.717, 1.165) is 38.8 Å². The van der Waals surface area contributed by atoms with Gasteiger partial charge in [0.2, 0.25) is 0 Å². The van der Waals surface area contributed by atoms with Crippen LogP contribution in [-0.4, -0.2) is 44.8 Å². The molecule has 1 fully saturated rings. The Bertz CT molecular complexity index is 176. The molecule has 0 spiro atoms. The third-order valence-corrected chi connectivity index (χ3v) is 3.08. The third-order valence-electron chi connectivity index (χ3n) is 3.08. The van der Waals surface area contributed by atoms with E-state index in [9.17, 15) is 0 Å². The maximum atomic E-state index is 5.74. The fraction of sp³-hybridized carbons (Fsp3) is 1.00. The lowest BCUT2D eigenvalue weighted by Crippen LogP contribution is -2.40. The van der Waals surface area contributed by atoms with Gasteiger partial charge in [-0.2, -0.15) is 0 Å². The molecular weight excluding hydrogens is 188 g/mol. The zero-order chi connectivity index (χ0) is 11.3. The summed E-state index contributed by atoms with van der Waals surface area (Å²) >= 11 is 0. The molecule has 1 aliphatic rings. The topological polar surface area (TPSA) is 38.5 Å². The van der Waals surface area contributed by atoms with Crippen molar-refractivity contribution in [3.05, 3.63) is 0 Å². The van der Waals surface area contributed by atoms with Gasteiger partial charge in [0.25, 0.3) is 0 Å². The number of nitrogens with zero attached hydrogens (tertiary/aromatic N) is 1. The van der Waals surface area contributed by atoms with E-state index in [0.29, 0.717) is 0 Å². The number of hydrogen-bond donors (Lipinski definition) is 1. The first kappa shape index (κ1) is 12.9. The van der Waals surface area contributed by atoms with Crippen molar-refractivity contribution in [2.45, 2.75) is 26.7 Å². The molecule has 0 radical (unpaired) electrons. The SMILES string of the molecule is CN(CC1CCCOC1)CC(C)(C)CN. The van der Waals surface area contributed by atoms with Crippen molar-refractivity contribution in [1.82, 2.24) is 4.90 Å². The fourth-order valence-corrected chi connectivity index (χ4v) is 2.25. The second-order valence-electron chi connectivity index (χ2n) is 5.65. The van der Waals surface area contributed by atoms with Crippen LogP contribution in [0, 0.1) is 11.3 Å². The zero-order valence-corrected chi connectivity index (χ0v) is 10.5. The standard InChI is InChI=1S/C12H26N2O/c1-12(2,9-13)10-14(3)7-11-5-4-6-15-8-11/h11H,4-10,13H2,1-3H3. The molecule has 1 unspecified atom stereocenters. The predicted molar refractivity (Wildman–Crippen MR) is 63.9 cm³/mol. The Morgan fingerprint density at radius 1 is 1.47 bits per heavy atom.